The summed E-state index contributed by atoms with van der Waals surface area (Å²) < 4.78 is 9.46. The molecule has 0 spiro atoms. The van der Waals surface area contributed by atoms with Crippen molar-refractivity contribution in [1.29, 1.82) is 0 Å². The van der Waals surface area contributed by atoms with E-state index in [2.05, 4.69) is 6.92 Å². The smallest absolute Gasteiger partial charge is 0.402 e. The van der Waals surface area contributed by atoms with E-state index in [1.54, 1.807) is 0 Å². The Morgan fingerprint density at radius 1 is 1.13 bits per heavy atom. The molecule has 0 saturated heterocycles. The maximum atomic E-state index is 10.9. The van der Waals surface area contributed by atoms with Crippen molar-refractivity contribution in [2.24, 2.45) is 0 Å². The molecule has 0 fully saturated rings. The average molecular weight is 204 g/mol. The average Bonchev–Trinajstić information content (AvgIpc) is 2.42. The predicted octanol–water partition coefficient (Wildman–Crippen LogP) is 1.28. The number of rotatable bonds is 2. The molecule has 0 radical (unpaired) electrons. The van der Waals surface area contributed by atoms with Crippen LogP contribution < -0.4 is 10.4 Å². The van der Waals surface area contributed by atoms with Crippen molar-refractivity contribution in [2.75, 3.05) is 0 Å². The van der Waals surface area contributed by atoms with Crippen molar-refractivity contribution < 1.29 is 14.3 Å². The third-order valence-electron chi connectivity index (χ3n) is 2.25. The van der Waals surface area contributed by atoms with E-state index in [0.717, 1.165) is 23.3 Å². The zero-order chi connectivity index (χ0) is 10.7. The second kappa shape index (κ2) is 4.17. The van der Waals surface area contributed by atoms with Gasteiger partial charge in [0.05, 0.1) is 0 Å². The van der Waals surface area contributed by atoms with Gasteiger partial charge in [0.2, 0.25) is 0 Å². The van der Waals surface area contributed by atoms with Gasteiger partial charge in [0, 0.05) is 10.4 Å². The Kier molecular flexibility index (Phi) is 2.72. The lowest BCUT2D eigenvalue weighted by molar-refractivity contribution is 0.140. The van der Waals surface area contributed by atoms with Crippen LogP contribution in [0.2, 0.25) is 0 Å². The molecular formula is C12H12O3. The summed E-state index contributed by atoms with van der Waals surface area (Å²) in [5.74, 6) is 0. The first-order valence-corrected chi connectivity index (χ1v) is 4.96. The molecule has 0 saturated carbocycles. The van der Waals surface area contributed by atoms with Gasteiger partial charge in [-0.05, 0) is 18.1 Å². The van der Waals surface area contributed by atoms with Gasteiger partial charge in [-0.3, -0.25) is 0 Å². The number of hydrogen-bond donors (Lipinski definition) is 0. The second-order valence-corrected chi connectivity index (χ2v) is 3.43. The fraction of sp³-hybridized carbons (Fsp3) is 0.250. The number of carbonyl (C=O) groups is 1. The van der Waals surface area contributed by atoms with Gasteiger partial charge in [-0.15, -0.1) is 0 Å². The lowest BCUT2D eigenvalue weighted by Gasteiger charge is -1.97. The Morgan fingerprint density at radius 2 is 1.87 bits per heavy atom. The molecule has 0 N–H and O–H groups in total. The highest BCUT2D eigenvalue weighted by molar-refractivity contribution is 5.67. The Hall–Kier alpha value is -1.77. The quantitative estimate of drug-likeness (QED) is 0.681. The van der Waals surface area contributed by atoms with E-state index < -0.39 is 6.16 Å². The van der Waals surface area contributed by atoms with Crippen LogP contribution >= 0.6 is 0 Å². The third-order valence-corrected chi connectivity index (χ3v) is 2.25. The maximum absolute atomic E-state index is 10.9. The zero-order valence-corrected chi connectivity index (χ0v) is 8.53. The van der Waals surface area contributed by atoms with Gasteiger partial charge in [0.15, 0.2) is 0 Å². The van der Waals surface area contributed by atoms with Crippen LogP contribution in [-0.4, -0.2) is 6.16 Å². The van der Waals surface area contributed by atoms with Crippen molar-refractivity contribution in [1.82, 2.24) is 0 Å². The van der Waals surface area contributed by atoms with Gasteiger partial charge < -0.3 is 9.47 Å². The summed E-state index contributed by atoms with van der Waals surface area (Å²) in [5.41, 5.74) is 1.24. The number of benzene rings is 1. The SMILES string of the molecule is CCCc1ccc2c(c1)=COC(=O)OC=2. The van der Waals surface area contributed by atoms with Crippen LogP contribution in [-0.2, 0) is 15.9 Å². The van der Waals surface area contributed by atoms with Crippen LogP contribution in [0.25, 0.3) is 12.5 Å². The number of fused-ring (bicyclic) bond motifs is 1. The molecule has 1 aromatic rings. The van der Waals surface area contributed by atoms with Gasteiger partial charge in [0.25, 0.3) is 0 Å². The largest absolute Gasteiger partial charge is 0.518 e. The lowest BCUT2D eigenvalue weighted by atomic mass is 10.1. The first-order valence-electron chi connectivity index (χ1n) is 4.96. The molecule has 1 aliphatic rings. The highest BCUT2D eigenvalue weighted by atomic mass is 16.7. The number of aryl methyl sites for hydroxylation is 1. The molecule has 1 aromatic carbocycles. The fourth-order valence-corrected chi connectivity index (χ4v) is 1.53. The minimum absolute atomic E-state index is 0.691. The molecule has 3 nitrogen and oxygen atoms in total. The molecular weight excluding hydrogens is 192 g/mol. The lowest BCUT2D eigenvalue weighted by Crippen LogP contribution is -2.24. The van der Waals surface area contributed by atoms with Crippen molar-refractivity contribution in [3.8, 4) is 0 Å². The molecule has 0 aliphatic carbocycles. The Balaban J connectivity index is 2.49. The summed E-state index contributed by atoms with van der Waals surface area (Å²) in [6.45, 7) is 2.13. The van der Waals surface area contributed by atoms with E-state index in [0.29, 0.717) is 0 Å². The van der Waals surface area contributed by atoms with Crippen molar-refractivity contribution >= 4 is 18.7 Å². The summed E-state index contributed by atoms with van der Waals surface area (Å²) in [4.78, 5) is 10.9. The molecule has 0 bridgehead atoms. The zero-order valence-electron chi connectivity index (χ0n) is 8.53. The second-order valence-electron chi connectivity index (χ2n) is 3.43. The Labute approximate surface area is 87.6 Å². The molecule has 0 unspecified atom stereocenters. The topological polar surface area (TPSA) is 35.5 Å². The highest BCUT2D eigenvalue weighted by Crippen LogP contribution is 1.98. The van der Waals surface area contributed by atoms with Gasteiger partial charge >= 0.3 is 6.16 Å². The predicted molar refractivity (Wildman–Crippen MR) is 56.2 cm³/mol. The van der Waals surface area contributed by atoms with Crippen LogP contribution in [0.5, 0.6) is 0 Å². The molecule has 0 aromatic heterocycles. The summed E-state index contributed by atoms with van der Waals surface area (Å²) in [5, 5.41) is 1.74. The van der Waals surface area contributed by atoms with Crippen molar-refractivity contribution in [3.05, 3.63) is 34.2 Å². The minimum Gasteiger partial charge on any atom is -0.402 e. The summed E-state index contributed by atoms with van der Waals surface area (Å²) >= 11 is 0. The number of hydrogen-bond acceptors (Lipinski definition) is 3. The molecule has 15 heavy (non-hydrogen) atoms. The van der Waals surface area contributed by atoms with E-state index in [9.17, 15) is 4.79 Å². The summed E-state index contributed by atoms with van der Waals surface area (Å²) in [7, 11) is 0. The van der Waals surface area contributed by atoms with Crippen LogP contribution in [0, 0.1) is 0 Å². The number of ether oxygens (including phenoxy) is 2. The van der Waals surface area contributed by atoms with Gasteiger partial charge in [-0.25, -0.2) is 4.79 Å². The van der Waals surface area contributed by atoms with Gasteiger partial charge in [0.1, 0.15) is 12.5 Å². The van der Waals surface area contributed by atoms with Gasteiger partial charge in [-0.1, -0.05) is 25.5 Å². The summed E-state index contributed by atoms with van der Waals surface area (Å²) in [6.07, 6.45) is 4.27. The van der Waals surface area contributed by atoms with E-state index in [4.69, 9.17) is 9.47 Å². The van der Waals surface area contributed by atoms with Crippen LogP contribution in [0.15, 0.2) is 18.2 Å². The van der Waals surface area contributed by atoms with E-state index >= 15 is 0 Å². The summed E-state index contributed by atoms with van der Waals surface area (Å²) in [6, 6.07) is 5.97. The first-order chi connectivity index (χ1) is 7.29. The molecule has 0 atom stereocenters. The number of carbonyl (C=O) groups excluding carboxylic acids is 1. The number of cyclic esters (lactones) is 2. The monoisotopic (exact) mass is 204 g/mol. The standard InChI is InChI=1S/C12H12O3/c1-2-3-9-4-5-10-7-14-12(13)15-8-11(10)6-9/h4-8H,2-3H2,1H3. The van der Waals surface area contributed by atoms with Gasteiger partial charge in [-0.2, -0.15) is 0 Å². The van der Waals surface area contributed by atoms with Crippen LogP contribution in [0.3, 0.4) is 0 Å². The van der Waals surface area contributed by atoms with Crippen LogP contribution in [0.1, 0.15) is 18.9 Å². The first kappa shape index (κ1) is 9.77. The Bertz CT molecular complexity index is 488. The Morgan fingerprint density at radius 3 is 2.60 bits per heavy atom. The molecule has 1 heterocycles. The minimum atomic E-state index is -0.691. The van der Waals surface area contributed by atoms with Crippen molar-refractivity contribution in [2.45, 2.75) is 19.8 Å². The van der Waals surface area contributed by atoms with E-state index in [1.807, 2.05) is 18.2 Å². The third kappa shape index (κ3) is 2.18. The van der Waals surface area contributed by atoms with E-state index in [-0.39, 0.29) is 0 Å². The highest BCUT2D eigenvalue weighted by Gasteiger charge is 2.03. The normalized spacial score (nSPS) is 13.8. The molecule has 3 heteroatoms. The molecule has 2 rings (SSSR count). The fourth-order valence-electron chi connectivity index (χ4n) is 1.53. The molecule has 1 aliphatic heterocycles. The molecule has 0 amide bonds. The van der Waals surface area contributed by atoms with Crippen molar-refractivity contribution in [3.63, 3.8) is 0 Å². The van der Waals surface area contributed by atoms with E-state index in [1.165, 1.54) is 18.1 Å². The molecule has 78 valence electrons. The van der Waals surface area contributed by atoms with Crippen LogP contribution in [0.4, 0.5) is 4.79 Å². The maximum Gasteiger partial charge on any atom is 0.518 e.